The lowest BCUT2D eigenvalue weighted by Gasteiger charge is -2.11. The molecule has 0 unspecified atom stereocenters. The van der Waals surface area contributed by atoms with Gasteiger partial charge < -0.3 is 19.1 Å². The first-order chi connectivity index (χ1) is 12.8. The number of methoxy groups -OCH3 is 1. The van der Waals surface area contributed by atoms with Crippen LogP contribution in [0, 0.1) is 13.8 Å². The van der Waals surface area contributed by atoms with Crippen molar-refractivity contribution in [2.75, 3.05) is 20.3 Å². The minimum absolute atomic E-state index is 0.0396. The van der Waals surface area contributed by atoms with E-state index >= 15 is 0 Å². The van der Waals surface area contributed by atoms with Crippen molar-refractivity contribution < 1.29 is 24.2 Å². The van der Waals surface area contributed by atoms with Crippen LogP contribution in [0.5, 0.6) is 5.75 Å². The van der Waals surface area contributed by atoms with E-state index in [1.54, 1.807) is 7.11 Å². The Morgan fingerprint density at radius 1 is 1.15 bits per heavy atom. The molecule has 1 N–H and O–H groups in total. The van der Waals surface area contributed by atoms with Crippen molar-refractivity contribution in [3.05, 3.63) is 50.8 Å². The van der Waals surface area contributed by atoms with Gasteiger partial charge in [-0.25, -0.2) is 4.79 Å². The highest BCUT2D eigenvalue weighted by atomic mass is 35.5. The van der Waals surface area contributed by atoms with Gasteiger partial charge in [-0.3, -0.25) is 4.79 Å². The summed E-state index contributed by atoms with van der Waals surface area (Å²) in [5.41, 5.74) is 2.35. The van der Waals surface area contributed by atoms with Crippen LogP contribution in [0.15, 0.2) is 18.2 Å². The van der Waals surface area contributed by atoms with Crippen molar-refractivity contribution in [2.45, 2.75) is 26.8 Å². The summed E-state index contributed by atoms with van der Waals surface area (Å²) in [5, 5.41) is 9.08. The predicted octanol–water partition coefficient (Wildman–Crippen LogP) is 4.41. The zero-order valence-electron chi connectivity index (χ0n) is 15.3. The summed E-state index contributed by atoms with van der Waals surface area (Å²) in [6, 6.07) is 4.29. The number of aryl methyl sites for hydroxylation is 1. The minimum Gasteiger partial charge on any atom is -0.482 e. The number of benzene rings is 1. The molecule has 0 fully saturated rings. The number of carboxylic acids is 1. The number of halogens is 2. The van der Waals surface area contributed by atoms with Gasteiger partial charge in [0.25, 0.3) is 0 Å². The maximum atomic E-state index is 12.6. The van der Waals surface area contributed by atoms with E-state index in [9.17, 15) is 9.59 Å². The molecule has 2 rings (SSSR count). The molecule has 0 aliphatic heterocycles. The topological polar surface area (TPSA) is 77.8 Å². The van der Waals surface area contributed by atoms with Gasteiger partial charge in [0.2, 0.25) is 5.78 Å². The van der Waals surface area contributed by atoms with E-state index in [1.807, 2.05) is 19.9 Å². The fraction of sp³-hybridized carbons (Fsp3) is 0.368. The van der Waals surface area contributed by atoms with Crippen molar-refractivity contribution in [3.8, 4) is 5.75 Å². The molecule has 0 aliphatic rings. The predicted molar refractivity (Wildman–Crippen MR) is 104 cm³/mol. The quantitative estimate of drug-likeness (QED) is 0.486. The van der Waals surface area contributed by atoms with E-state index in [0.29, 0.717) is 12.2 Å². The van der Waals surface area contributed by atoms with E-state index in [2.05, 4.69) is 4.57 Å². The Hall–Kier alpha value is -2.02. The summed E-state index contributed by atoms with van der Waals surface area (Å²) in [5.74, 6) is -1.27. The second-order valence-corrected chi connectivity index (χ2v) is 6.88. The molecule has 0 atom stereocenters. The van der Waals surface area contributed by atoms with E-state index in [4.69, 9.17) is 37.8 Å². The van der Waals surface area contributed by atoms with Crippen molar-refractivity contribution in [1.29, 1.82) is 0 Å². The second kappa shape index (κ2) is 9.26. The monoisotopic (exact) mass is 413 g/mol. The van der Waals surface area contributed by atoms with Crippen LogP contribution in [0.2, 0.25) is 10.0 Å². The standard InChI is InChI=1S/C19H21Cl2NO5/c1-11-7-14(12(2)22(11)5-4-6-26-3)17(23)10-27-18-15(20)8-13(19(24)25)9-16(18)21/h7-9H,4-6,10H2,1-3H3,(H,24,25). The largest absolute Gasteiger partial charge is 0.482 e. The highest BCUT2D eigenvalue weighted by Gasteiger charge is 2.18. The van der Waals surface area contributed by atoms with Gasteiger partial charge in [0, 0.05) is 37.2 Å². The van der Waals surface area contributed by atoms with E-state index < -0.39 is 5.97 Å². The number of carbonyl (C=O) groups excluding carboxylic acids is 1. The highest BCUT2D eigenvalue weighted by Crippen LogP contribution is 2.34. The molecule has 1 heterocycles. The third-order valence-electron chi connectivity index (χ3n) is 4.20. The minimum atomic E-state index is -1.15. The summed E-state index contributed by atoms with van der Waals surface area (Å²) in [4.78, 5) is 23.6. The molecule has 2 aromatic rings. The van der Waals surface area contributed by atoms with Crippen molar-refractivity contribution >= 4 is 35.0 Å². The Morgan fingerprint density at radius 3 is 2.33 bits per heavy atom. The zero-order chi connectivity index (χ0) is 20.1. The Kier molecular flexibility index (Phi) is 7.30. The molecule has 0 amide bonds. The Bertz CT molecular complexity index is 837. The molecule has 0 spiro atoms. The van der Waals surface area contributed by atoms with Gasteiger partial charge in [0.15, 0.2) is 12.4 Å². The highest BCUT2D eigenvalue weighted by molar-refractivity contribution is 6.37. The van der Waals surface area contributed by atoms with Crippen LogP contribution in [0.3, 0.4) is 0 Å². The number of aromatic nitrogens is 1. The number of hydrogen-bond donors (Lipinski definition) is 1. The maximum absolute atomic E-state index is 12.6. The van der Waals surface area contributed by atoms with Gasteiger partial charge in [-0.2, -0.15) is 0 Å². The summed E-state index contributed by atoms with van der Waals surface area (Å²) >= 11 is 12.1. The molecular weight excluding hydrogens is 393 g/mol. The zero-order valence-corrected chi connectivity index (χ0v) is 16.9. The SMILES string of the molecule is COCCCn1c(C)cc(C(=O)COc2c(Cl)cc(C(=O)O)cc2Cl)c1C. The smallest absolute Gasteiger partial charge is 0.335 e. The van der Waals surface area contributed by atoms with Crippen LogP contribution in [0.4, 0.5) is 0 Å². The lowest BCUT2D eigenvalue weighted by molar-refractivity contribution is 0.0696. The number of ether oxygens (including phenoxy) is 2. The normalized spacial score (nSPS) is 10.9. The molecule has 27 heavy (non-hydrogen) atoms. The maximum Gasteiger partial charge on any atom is 0.335 e. The average molecular weight is 414 g/mol. The average Bonchev–Trinajstić information content (AvgIpc) is 2.89. The number of hydrogen-bond acceptors (Lipinski definition) is 4. The molecule has 0 bridgehead atoms. The summed E-state index contributed by atoms with van der Waals surface area (Å²) in [6.45, 7) is 4.97. The van der Waals surface area contributed by atoms with Crippen LogP contribution in [-0.4, -0.2) is 41.7 Å². The second-order valence-electron chi connectivity index (χ2n) is 6.07. The number of carbonyl (C=O) groups is 2. The first kappa shape index (κ1) is 21.3. The van der Waals surface area contributed by atoms with E-state index in [0.717, 1.165) is 24.4 Å². The third kappa shape index (κ3) is 5.03. The molecule has 146 valence electrons. The first-order valence-corrected chi connectivity index (χ1v) is 9.05. The fourth-order valence-electron chi connectivity index (χ4n) is 2.83. The number of aromatic carboxylic acids is 1. The summed E-state index contributed by atoms with van der Waals surface area (Å²) in [7, 11) is 1.65. The number of nitrogens with zero attached hydrogens (tertiary/aromatic N) is 1. The van der Waals surface area contributed by atoms with E-state index in [-0.39, 0.29) is 33.7 Å². The molecule has 1 aromatic carbocycles. The Balaban J connectivity index is 2.13. The lowest BCUT2D eigenvalue weighted by atomic mass is 10.1. The Labute approximate surface area is 167 Å². The van der Waals surface area contributed by atoms with Gasteiger partial charge in [0.05, 0.1) is 15.6 Å². The fourth-order valence-corrected chi connectivity index (χ4v) is 3.43. The number of rotatable bonds is 9. The van der Waals surface area contributed by atoms with Crippen molar-refractivity contribution in [2.24, 2.45) is 0 Å². The molecule has 1 aromatic heterocycles. The molecule has 0 aliphatic carbocycles. The van der Waals surface area contributed by atoms with Crippen molar-refractivity contribution in [3.63, 3.8) is 0 Å². The number of Topliss-reactive ketones (excluding diaryl/α,β-unsaturated/α-hetero) is 1. The number of carboxylic acid groups (broad SMARTS) is 1. The molecule has 0 saturated heterocycles. The van der Waals surface area contributed by atoms with Crippen LogP contribution in [0.1, 0.15) is 38.5 Å². The van der Waals surface area contributed by atoms with Gasteiger partial charge in [-0.05, 0) is 38.5 Å². The molecule has 0 radical (unpaired) electrons. The van der Waals surface area contributed by atoms with Gasteiger partial charge >= 0.3 is 5.97 Å². The van der Waals surface area contributed by atoms with E-state index in [1.165, 1.54) is 12.1 Å². The van der Waals surface area contributed by atoms with Gasteiger partial charge in [0.1, 0.15) is 0 Å². The van der Waals surface area contributed by atoms with Crippen LogP contribution in [-0.2, 0) is 11.3 Å². The summed E-state index contributed by atoms with van der Waals surface area (Å²) in [6.07, 6.45) is 0.845. The molecule has 6 nitrogen and oxygen atoms in total. The van der Waals surface area contributed by atoms with Crippen molar-refractivity contribution in [1.82, 2.24) is 4.57 Å². The van der Waals surface area contributed by atoms with Crippen LogP contribution >= 0.6 is 23.2 Å². The van der Waals surface area contributed by atoms with Gasteiger partial charge in [-0.1, -0.05) is 23.2 Å². The lowest BCUT2D eigenvalue weighted by Crippen LogP contribution is -2.14. The first-order valence-electron chi connectivity index (χ1n) is 8.30. The Morgan fingerprint density at radius 2 is 1.78 bits per heavy atom. The molecule has 8 heteroatoms. The molecule has 0 saturated carbocycles. The van der Waals surface area contributed by atoms with Crippen LogP contribution < -0.4 is 4.74 Å². The summed E-state index contributed by atoms with van der Waals surface area (Å²) < 4.78 is 12.6. The van der Waals surface area contributed by atoms with Gasteiger partial charge in [-0.15, -0.1) is 0 Å². The third-order valence-corrected chi connectivity index (χ3v) is 4.76. The number of ketones is 1. The van der Waals surface area contributed by atoms with Crippen LogP contribution in [0.25, 0.3) is 0 Å². The molecular formula is C19H21Cl2NO5.